The van der Waals surface area contributed by atoms with Gasteiger partial charge in [-0.1, -0.05) is 13.3 Å². The van der Waals surface area contributed by atoms with E-state index in [0.717, 1.165) is 25.9 Å². The van der Waals surface area contributed by atoms with E-state index < -0.39 is 5.60 Å². The molecule has 1 unspecified atom stereocenters. The number of hydrogen-bond donors (Lipinski definition) is 2. The first-order chi connectivity index (χ1) is 5.56. The largest absolute Gasteiger partial charge is 0.392 e. The Labute approximate surface area is 74.0 Å². The van der Waals surface area contributed by atoms with E-state index in [1.807, 2.05) is 0 Å². The van der Waals surface area contributed by atoms with Crippen LogP contribution < -0.4 is 0 Å². The summed E-state index contributed by atoms with van der Waals surface area (Å²) in [4.78, 5) is 2.08. The molecule has 0 aliphatic carbocycles. The first-order valence-corrected chi connectivity index (χ1v) is 4.68. The summed E-state index contributed by atoms with van der Waals surface area (Å²) in [5.41, 5.74) is -0.455. The summed E-state index contributed by atoms with van der Waals surface area (Å²) in [6, 6.07) is 0. The maximum absolute atomic E-state index is 9.77. The zero-order valence-corrected chi connectivity index (χ0v) is 7.95. The molecule has 1 aliphatic rings. The molecule has 3 nitrogen and oxygen atoms in total. The lowest BCUT2D eigenvalue weighted by molar-refractivity contribution is -0.111. The zero-order valence-electron chi connectivity index (χ0n) is 7.95. The second-order valence-corrected chi connectivity index (χ2v) is 3.99. The van der Waals surface area contributed by atoms with E-state index in [1.54, 1.807) is 6.92 Å². The first-order valence-electron chi connectivity index (χ1n) is 4.68. The zero-order chi connectivity index (χ0) is 9.19. The highest BCUT2D eigenvalue weighted by Crippen LogP contribution is 2.25. The van der Waals surface area contributed by atoms with Crippen LogP contribution in [0.3, 0.4) is 0 Å². The molecule has 1 heterocycles. The molecule has 1 atom stereocenters. The molecule has 0 radical (unpaired) electrons. The summed E-state index contributed by atoms with van der Waals surface area (Å²) in [6.45, 7) is 6.00. The SMILES string of the molecule is CCCC1(O)CN(CC(C)O)C1. The second kappa shape index (κ2) is 3.73. The molecule has 0 amide bonds. The molecule has 1 saturated heterocycles. The molecule has 0 aromatic rings. The minimum absolute atomic E-state index is 0.281. The minimum Gasteiger partial charge on any atom is -0.392 e. The fourth-order valence-corrected chi connectivity index (χ4v) is 1.91. The van der Waals surface area contributed by atoms with Crippen LogP contribution in [0.4, 0.5) is 0 Å². The summed E-state index contributed by atoms with van der Waals surface area (Å²) in [6.07, 6.45) is 1.62. The Hall–Kier alpha value is -0.120. The molecule has 72 valence electrons. The highest BCUT2D eigenvalue weighted by Gasteiger charge is 2.39. The van der Waals surface area contributed by atoms with Crippen molar-refractivity contribution in [3.8, 4) is 0 Å². The Balaban J connectivity index is 2.18. The first kappa shape index (κ1) is 9.96. The van der Waals surface area contributed by atoms with Crippen LogP contribution >= 0.6 is 0 Å². The number of hydrogen-bond acceptors (Lipinski definition) is 3. The van der Waals surface area contributed by atoms with Crippen LogP contribution in [0.5, 0.6) is 0 Å². The molecule has 0 bridgehead atoms. The van der Waals surface area contributed by atoms with Gasteiger partial charge >= 0.3 is 0 Å². The van der Waals surface area contributed by atoms with Crippen molar-refractivity contribution in [2.75, 3.05) is 19.6 Å². The van der Waals surface area contributed by atoms with Crippen LogP contribution in [-0.4, -0.2) is 46.5 Å². The lowest BCUT2D eigenvalue weighted by atomic mass is 9.89. The van der Waals surface area contributed by atoms with Crippen LogP contribution in [-0.2, 0) is 0 Å². The van der Waals surface area contributed by atoms with E-state index in [2.05, 4.69) is 11.8 Å². The van der Waals surface area contributed by atoms with Gasteiger partial charge in [-0.05, 0) is 13.3 Å². The lowest BCUT2D eigenvalue weighted by Gasteiger charge is -2.47. The average molecular weight is 173 g/mol. The van der Waals surface area contributed by atoms with Crippen molar-refractivity contribution >= 4 is 0 Å². The van der Waals surface area contributed by atoms with Crippen molar-refractivity contribution in [1.82, 2.24) is 4.90 Å². The number of likely N-dealkylation sites (tertiary alicyclic amines) is 1. The Morgan fingerprint density at radius 1 is 1.50 bits per heavy atom. The Morgan fingerprint density at radius 2 is 2.08 bits per heavy atom. The summed E-state index contributed by atoms with van der Waals surface area (Å²) in [5.74, 6) is 0. The van der Waals surface area contributed by atoms with E-state index in [9.17, 15) is 5.11 Å². The Bertz CT molecular complexity index is 141. The monoisotopic (exact) mass is 173 g/mol. The molecule has 0 aromatic carbocycles. The molecule has 0 saturated carbocycles. The summed E-state index contributed by atoms with van der Waals surface area (Å²) in [5, 5.41) is 18.8. The molecule has 1 aliphatic heterocycles. The van der Waals surface area contributed by atoms with Crippen molar-refractivity contribution in [2.24, 2.45) is 0 Å². The van der Waals surface area contributed by atoms with Crippen molar-refractivity contribution in [3.05, 3.63) is 0 Å². The van der Waals surface area contributed by atoms with Crippen LogP contribution in [0.15, 0.2) is 0 Å². The Kier molecular flexibility index (Phi) is 3.09. The fourth-order valence-electron chi connectivity index (χ4n) is 1.91. The number of β-amino-alcohol motifs (C(OH)–C–C–N with tert-alkyl or cyclic N) is 2. The fraction of sp³-hybridized carbons (Fsp3) is 1.00. The van der Waals surface area contributed by atoms with E-state index >= 15 is 0 Å². The van der Waals surface area contributed by atoms with Crippen LogP contribution in [0.25, 0.3) is 0 Å². The molecular weight excluding hydrogens is 154 g/mol. The van der Waals surface area contributed by atoms with Gasteiger partial charge in [-0.2, -0.15) is 0 Å². The topological polar surface area (TPSA) is 43.7 Å². The third kappa shape index (κ3) is 2.44. The maximum atomic E-state index is 9.77. The maximum Gasteiger partial charge on any atom is 0.0900 e. The molecule has 2 N–H and O–H groups in total. The predicted octanol–water partition coefficient (Wildman–Crippen LogP) is 0.214. The van der Waals surface area contributed by atoms with Gasteiger partial charge in [0.15, 0.2) is 0 Å². The van der Waals surface area contributed by atoms with Crippen LogP contribution in [0.1, 0.15) is 26.7 Å². The Morgan fingerprint density at radius 3 is 2.50 bits per heavy atom. The molecule has 3 heteroatoms. The highest BCUT2D eigenvalue weighted by molar-refractivity contribution is 4.95. The number of rotatable bonds is 4. The third-order valence-corrected chi connectivity index (χ3v) is 2.27. The van der Waals surface area contributed by atoms with Gasteiger partial charge in [0.05, 0.1) is 11.7 Å². The van der Waals surface area contributed by atoms with Gasteiger partial charge in [-0.25, -0.2) is 0 Å². The van der Waals surface area contributed by atoms with E-state index in [-0.39, 0.29) is 6.10 Å². The molecule has 12 heavy (non-hydrogen) atoms. The third-order valence-electron chi connectivity index (χ3n) is 2.27. The summed E-state index contributed by atoms with van der Waals surface area (Å²) >= 11 is 0. The van der Waals surface area contributed by atoms with Crippen molar-refractivity contribution in [3.63, 3.8) is 0 Å². The van der Waals surface area contributed by atoms with Gasteiger partial charge in [-0.3, -0.25) is 4.90 Å². The van der Waals surface area contributed by atoms with Gasteiger partial charge in [0.2, 0.25) is 0 Å². The van der Waals surface area contributed by atoms with Gasteiger partial charge in [-0.15, -0.1) is 0 Å². The van der Waals surface area contributed by atoms with Crippen LogP contribution in [0.2, 0.25) is 0 Å². The van der Waals surface area contributed by atoms with Gasteiger partial charge in [0, 0.05) is 19.6 Å². The molecule has 1 rings (SSSR count). The average Bonchev–Trinajstić information content (AvgIpc) is 1.83. The molecule has 0 aromatic heterocycles. The standard InChI is InChI=1S/C9H19NO2/c1-3-4-9(12)6-10(7-9)5-8(2)11/h8,11-12H,3-7H2,1-2H3. The summed E-state index contributed by atoms with van der Waals surface area (Å²) < 4.78 is 0. The molecule has 0 spiro atoms. The van der Waals surface area contributed by atoms with Crippen molar-refractivity contribution in [1.29, 1.82) is 0 Å². The minimum atomic E-state index is -0.455. The number of aliphatic hydroxyl groups excluding tert-OH is 1. The smallest absolute Gasteiger partial charge is 0.0900 e. The lowest BCUT2D eigenvalue weighted by Crippen LogP contribution is -2.62. The quantitative estimate of drug-likeness (QED) is 0.639. The van der Waals surface area contributed by atoms with Gasteiger partial charge in [0.1, 0.15) is 0 Å². The van der Waals surface area contributed by atoms with Gasteiger partial charge < -0.3 is 10.2 Å². The normalized spacial score (nSPS) is 25.0. The molecular formula is C9H19NO2. The van der Waals surface area contributed by atoms with E-state index in [1.165, 1.54) is 0 Å². The predicted molar refractivity (Wildman–Crippen MR) is 48.0 cm³/mol. The van der Waals surface area contributed by atoms with Crippen molar-refractivity contribution in [2.45, 2.75) is 38.4 Å². The van der Waals surface area contributed by atoms with E-state index in [0.29, 0.717) is 6.54 Å². The highest BCUT2D eigenvalue weighted by atomic mass is 16.3. The summed E-state index contributed by atoms with van der Waals surface area (Å²) in [7, 11) is 0. The molecule has 1 fully saturated rings. The van der Waals surface area contributed by atoms with Crippen LogP contribution in [0, 0.1) is 0 Å². The van der Waals surface area contributed by atoms with E-state index in [4.69, 9.17) is 5.11 Å². The second-order valence-electron chi connectivity index (χ2n) is 3.99. The number of nitrogens with zero attached hydrogens (tertiary/aromatic N) is 1. The van der Waals surface area contributed by atoms with Crippen molar-refractivity contribution < 1.29 is 10.2 Å². The number of aliphatic hydroxyl groups is 2. The van der Waals surface area contributed by atoms with Gasteiger partial charge in [0.25, 0.3) is 0 Å².